The van der Waals surface area contributed by atoms with Crippen LogP contribution in [0.25, 0.3) is 0 Å². The van der Waals surface area contributed by atoms with E-state index in [1.165, 1.54) is 36.9 Å². The zero-order chi connectivity index (χ0) is 20.7. The van der Waals surface area contributed by atoms with Gasteiger partial charge in [0.15, 0.2) is 6.61 Å². The summed E-state index contributed by atoms with van der Waals surface area (Å²) >= 11 is 0. The number of sulfonamides is 1. The number of hydrogen-bond acceptors (Lipinski definition) is 6. The molecule has 2 aromatic rings. The van der Waals surface area contributed by atoms with E-state index < -0.39 is 22.6 Å². The highest BCUT2D eigenvalue weighted by atomic mass is 32.2. The molecule has 0 spiro atoms. The van der Waals surface area contributed by atoms with Crippen molar-refractivity contribution in [2.45, 2.75) is 49.6 Å². The van der Waals surface area contributed by atoms with Crippen molar-refractivity contribution in [1.82, 2.24) is 10.0 Å². The van der Waals surface area contributed by atoms with E-state index >= 15 is 0 Å². The van der Waals surface area contributed by atoms with Gasteiger partial charge in [-0.05, 0) is 43.2 Å². The van der Waals surface area contributed by atoms with Gasteiger partial charge in [0.05, 0.1) is 23.3 Å². The number of carbonyl (C=O) groups excluding carboxylic acids is 2. The maximum absolute atomic E-state index is 12.4. The molecule has 1 fully saturated rings. The van der Waals surface area contributed by atoms with Gasteiger partial charge in [-0.25, -0.2) is 17.9 Å². The molecule has 1 saturated carbocycles. The lowest BCUT2D eigenvalue weighted by molar-refractivity contribution is -0.125. The van der Waals surface area contributed by atoms with Gasteiger partial charge in [0, 0.05) is 6.04 Å². The van der Waals surface area contributed by atoms with Crippen LogP contribution < -0.4 is 10.0 Å². The number of amides is 1. The fraction of sp³-hybridized carbons (Fsp3) is 0.400. The lowest BCUT2D eigenvalue weighted by atomic mass is 9.95. The van der Waals surface area contributed by atoms with Gasteiger partial charge in [0.25, 0.3) is 5.91 Å². The number of nitrogens with one attached hydrogen (secondary N) is 2. The molecule has 8 nitrogen and oxygen atoms in total. The first kappa shape index (κ1) is 21.1. The molecule has 29 heavy (non-hydrogen) atoms. The van der Waals surface area contributed by atoms with E-state index in [9.17, 15) is 18.0 Å². The van der Waals surface area contributed by atoms with Crippen molar-refractivity contribution in [3.05, 3.63) is 54.0 Å². The Morgan fingerprint density at radius 3 is 2.62 bits per heavy atom. The average molecular weight is 420 g/mol. The molecule has 1 amide bonds. The second kappa shape index (κ2) is 9.71. The SMILES string of the molecule is O=C(COC(=O)c1cccc(S(=O)(=O)NCc2ccco2)c1)NC1CCCCC1. The van der Waals surface area contributed by atoms with Gasteiger partial charge in [-0.2, -0.15) is 0 Å². The van der Waals surface area contributed by atoms with E-state index in [1.54, 1.807) is 12.1 Å². The third kappa shape index (κ3) is 6.16. The normalized spacial score (nSPS) is 15.0. The van der Waals surface area contributed by atoms with E-state index in [2.05, 4.69) is 10.0 Å². The molecular formula is C20H24N2O6S. The van der Waals surface area contributed by atoms with Gasteiger partial charge in [0.1, 0.15) is 5.76 Å². The predicted molar refractivity (Wildman–Crippen MR) is 104 cm³/mol. The number of rotatable bonds is 8. The summed E-state index contributed by atoms with van der Waals surface area (Å²) < 4.78 is 37.4. The zero-order valence-electron chi connectivity index (χ0n) is 15.9. The molecule has 0 atom stereocenters. The summed E-state index contributed by atoms with van der Waals surface area (Å²) in [4.78, 5) is 24.1. The molecule has 0 unspecified atom stereocenters. The Morgan fingerprint density at radius 2 is 1.90 bits per heavy atom. The largest absolute Gasteiger partial charge is 0.468 e. The van der Waals surface area contributed by atoms with Crippen LogP contribution in [0.3, 0.4) is 0 Å². The van der Waals surface area contributed by atoms with Crippen molar-refractivity contribution in [3.63, 3.8) is 0 Å². The Kier molecular flexibility index (Phi) is 7.05. The lowest BCUT2D eigenvalue weighted by Crippen LogP contribution is -2.38. The maximum Gasteiger partial charge on any atom is 0.338 e. The second-order valence-electron chi connectivity index (χ2n) is 6.91. The minimum Gasteiger partial charge on any atom is -0.468 e. The fourth-order valence-electron chi connectivity index (χ4n) is 3.18. The van der Waals surface area contributed by atoms with Crippen molar-refractivity contribution in [2.75, 3.05) is 6.61 Å². The molecule has 2 N–H and O–H groups in total. The molecule has 1 aliphatic carbocycles. The van der Waals surface area contributed by atoms with E-state index in [-0.39, 0.29) is 29.0 Å². The third-order valence-electron chi connectivity index (χ3n) is 4.70. The summed E-state index contributed by atoms with van der Waals surface area (Å²) in [5.41, 5.74) is 0.0522. The lowest BCUT2D eigenvalue weighted by Gasteiger charge is -2.22. The van der Waals surface area contributed by atoms with Crippen molar-refractivity contribution in [3.8, 4) is 0 Å². The van der Waals surface area contributed by atoms with E-state index in [0.29, 0.717) is 5.76 Å². The van der Waals surface area contributed by atoms with Crippen LogP contribution in [0, 0.1) is 0 Å². The van der Waals surface area contributed by atoms with Crippen LogP contribution in [-0.4, -0.2) is 32.9 Å². The van der Waals surface area contributed by atoms with Crippen molar-refractivity contribution in [2.24, 2.45) is 0 Å². The Hall–Kier alpha value is -2.65. The molecule has 1 aromatic heterocycles. The standard InChI is InChI=1S/C20H24N2O6S/c23-19(22-16-7-2-1-3-8-16)14-28-20(24)15-6-4-10-18(12-15)29(25,26)21-13-17-9-5-11-27-17/h4-6,9-12,16,21H,1-3,7-8,13-14H2,(H,22,23). The van der Waals surface area contributed by atoms with Crippen molar-refractivity contribution >= 4 is 21.9 Å². The van der Waals surface area contributed by atoms with E-state index in [4.69, 9.17) is 9.15 Å². The Morgan fingerprint density at radius 1 is 1.10 bits per heavy atom. The number of benzene rings is 1. The molecular weight excluding hydrogens is 396 g/mol. The topological polar surface area (TPSA) is 115 Å². The molecule has 0 bridgehead atoms. The van der Waals surface area contributed by atoms with Gasteiger partial charge < -0.3 is 14.5 Å². The molecule has 3 rings (SSSR count). The number of esters is 1. The van der Waals surface area contributed by atoms with E-state index in [0.717, 1.165) is 25.7 Å². The van der Waals surface area contributed by atoms with Gasteiger partial charge in [-0.1, -0.05) is 25.3 Å². The molecule has 9 heteroatoms. The Balaban J connectivity index is 1.55. The average Bonchev–Trinajstić information content (AvgIpc) is 3.25. The number of ether oxygens (including phenoxy) is 1. The van der Waals surface area contributed by atoms with Gasteiger partial charge in [-0.3, -0.25) is 4.79 Å². The number of hydrogen-bond donors (Lipinski definition) is 2. The van der Waals surface area contributed by atoms with Crippen molar-refractivity contribution < 1.29 is 27.2 Å². The highest BCUT2D eigenvalue weighted by Gasteiger charge is 2.19. The van der Waals surface area contributed by atoms with E-state index in [1.807, 2.05) is 0 Å². The molecule has 156 valence electrons. The van der Waals surface area contributed by atoms with Crippen LogP contribution in [0.5, 0.6) is 0 Å². The minimum absolute atomic E-state index is 0.00859. The summed E-state index contributed by atoms with van der Waals surface area (Å²) in [6.45, 7) is -0.408. The first-order valence-corrected chi connectivity index (χ1v) is 11.0. The smallest absolute Gasteiger partial charge is 0.338 e. The summed E-state index contributed by atoms with van der Waals surface area (Å²) in [5.74, 6) is -0.644. The first-order chi connectivity index (χ1) is 13.9. The monoisotopic (exact) mass is 420 g/mol. The summed E-state index contributed by atoms with van der Waals surface area (Å²) in [5, 5.41) is 2.86. The molecule has 0 aliphatic heterocycles. The van der Waals surface area contributed by atoms with Crippen LogP contribution in [0.2, 0.25) is 0 Å². The Bertz CT molecular complexity index is 934. The summed E-state index contributed by atoms with van der Waals surface area (Å²) in [6, 6.07) is 8.90. The fourth-order valence-corrected chi connectivity index (χ4v) is 4.22. The number of furan rings is 1. The predicted octanol–water partition coefficient (Wildman–Crippen LogP) is 2.36. The zero-order valence-corrected chi connectivity index (χ0v) is 16.7. The van der Waals surface area contributed by atoms with Crippen molar-refractivity contribution in [1.29, 1.82) is 0 Å². The van der Waals surface area contributed by atoms with Gasteiger partial charge in [-0.15, -0.1) is 0 Å². The number of carbonyl (C=O) groups is 2. The van der Waals surface area contributed by atoms with Gasteiger partial charge in [0.2, 0.25) is 10.0 Å². The van der Waals surface area contributed by atoms with Crippen LogP contribution >= 0.6 is 0 Å². The highest BCUT2D eigenvalue weighted by Crippen LogP contribution is 2.17. The van der Waals surface area contributed by atoms with Crippen LogP contribution in [0.1, 0.15) is 48.2 Å². The molecule has 1 aromatic carbocycles. The second-order valence-corrected chi connectivity index (χ2v) is 8.68. The maximum atomic E-state index is 12.4. The summed E-state index contributed by atoms with van der Waals surface area (Å²) in [6.07, 6.45) is 6.66. The molecule has 0 saturated heterocycles. The molecule has 1 aliphatic rings. The van der Waals surface area contributed by atoms with Crippen LogP contribution in [0.15, 0.2) is 52.0 Å². The van der Waals surface area contributed by atoms with Crippen LogP contribution in [0.4, 0.5) is 0 Å². The molecule has 1 heterocycles. The molecule has 0 radical (unpaired) electrons. The summed E-state index contributed by atoms with van der Waals surface area (Å²) in [7, 11) is -3.84. The minimum atomic E-state index is -3.84. The highest BCUT2D eigenvalue weighted by molar-refractivity contribution is 7.89. The quantitative estimate of drug-likeness (QED) is 0.634. The van der Waals surface area contributed by atoms with Gasteiger partial charge >= 0.3 is 5.97 Å². The third-order valence-corrected chi connectivity index (χ3v) is 6.10. The first-order valence-electron chi connectivity index (χ1n) is 9.52. The Labute approximate surface area is 169 Å². The van der Waals surface area contributed by atoms with Crippen LogP contribution in [-0.2, 0) is 26.1 Å².